The molecule has 0 saturated carbocycles. The lowest BCUT2D eigenvalue weighted by atomic mass is 10.2. The van der Waals surface area contributed by atoms with Gasteiger partial charge in [0.1, 0.15) is 0 Å². The van der Waals surface area contributed by atoms with Gasteiger partial charge in [0.2, 0.25) is 0 Å². The molecule has 0 radical (unpaired) electrons. The van der Waals surface area contributed by atoms with E-state index in [1.165, 1.54) is 12.1 Å². The zero-order valence-electron chi connectivity index (χ0n) is 11.6. The van der Waals surface area contributed by atoms with E-state index >= 15 is 0 Å². The van der Waals surface area contributed by atoms with Gasteiger partial charge in [0, 0.05) is 3.57 Å². The third-order valence-electron chi connectivity index (χ3n) is 2.94. The summed E-state index contributed by atoms with van der Waals surface area (Å²) in [6, 6.07) is 7.72. The standard InChI is InChI=1S/C14H10ClF3INO2S/c1-8-2-4-9(5-3-8)23(21,22)20-13-6-10(14(16,17)18)11(15)7-12(13)19/h2-7,20H,1H3. The van der Waals surface area contributed by atoms with Crippen LogP contribution in [0.4, 0.5) is 18.9 Å². The number of anilines is 1. The number of halogens is 5. The van der Waals surface area contributed by atoms with E-state index < -0.39 is 26.8 Å². The number of hydrogen-bond donors (Lipinski definition) is 1. The fraction of sp³-hybridized carbons (Fsp3) is 0.143. The molecule has 2 aromatic rings. The summed E-state index contributed by atoms with van der Waals surface area (Å²) in [6.45, 7) is 1.79. The Kier molecular flexibility index (Phi) is 5.17. The van der Waals surface area contributed by atoms with Crippen molar-refractivity contribution >= 4 is 49.9 Å². The number of nitrogens with one attached hydrogen (secondary N) is 1. The predicted octanol–water partition coefficient (Wildman–Crippen LogP) is 5.07. The summed E-state index contributed by atoms with van der Waals surface area (Å²) in [6.07, 6.45) is -4.68. The van der Waals surface area contributed by atoms with E-state index in [9.17, 15) is 21.6 Å². The van der Waals surface area contributed by atoms with Gasteiger partial charge in [0.15, 0.2) is 0 Å². The Morgan fingerprint density at radius 1 is 1.13 bits per heavy atom. The minimum absolute atomic E-state index is 0.0394. The van der Waals surface area contributed by atoms with Crippen molar-refractivity contribution in [1.29, 1.82) is 0 Å². The van der Waals surface area contributed by atoms with Crippen LogP contribution in [-0.4, -0.2) is 8.42 Å². The number of hydrogen-bond acceptors (Lipinski definition) is 2. The number of benzene rings is 2. The van der Waals surface area contributed by atoms with Gasteiger partial charge in [-0.25, -0.2) is 8.42 Å². The van der Waals surface area contributed by atoms with Gasteiger partial charge < -0.3 is 0 Å². The lowest BCUT2D eigenvalue weighted by molar-refractivity contribution is -0.137. The van der Waals surface area contributed by atoms with Crippen molar-refractivity contribution in [2.75, 3.05) is 4.72 Å². The maximum absolute atomic E-state index is 12.9. The van der Waals surface area contributed by atoms with Gasteiger partial charge in [-0.05, 0) is 53.8 Å². The topological polar surface area (TPSA) is 46.2 Å². The minimum Gasteiger partial charge on any atom is -0.279 e. The second-order valence-corrected chi connectivity index (χ2v) is 7.98. The zero-order valence-corrected chi connectivity index (χ0v) is 15.3. The first kappa shape index (κ1) is 18.3. The minimum atomic E-state index is -4.68. The first-order valence-electron chi connectivity index (χ1n) is 6.16. The van der Waals surface area contributed by atoms with Crippen LogP contribution in [0.1, 0.15) is 11.1 Å². The van der Waals surface area contributed by atoms with Gasteiger partial charge in [-0.15, -0.1) is 0 Å². The van der Waals surface area contributed by atoms with Crippen molar-refractivity contribution in [1.82, 2.24) is 0 Å². The molecule has 2 aromatic carbocycles. The van der Waals surface area contributed by atoms with Crippen molar-refractivity contribution in [3.63, 3.8) is 0 Å². The highest BCUT2D eigenvalue weighted by atomic mass is 127. The van der Waals surface area contributed by atoms with Crippen LogP contribution in [0.15, 0.2) is 41.3 Å². The van der Waals surface area contributed by atoms with Crippen LogP contribution in [-0.2, 0) is 16.2 Å². The molecule has 9 heteroatoms. The number of sulfonamides is 1. The summed E-state index contributed by atoms with van der Waals surface area (Å²) in [4.78, 5) is -0.0394. The van der Waals surface area contributed by atoms with Crippen LogP contribution in [0.3, 0.4) is 0 Å². The molecule has 0 atom stereocenters. The highest BCUT2D eigenvalue weighted by Crippen LogP contribution is 2.38. The second kappa shape index (κ2) is 6.48. The summed E-state index contributed by atoms with van der Waals surface area (Å²) < 4.78 is 65.7. The van der Waals surface area contributed by atoms with E-state index in [1.807, 2.05) is 0 Å². The van der Waals surface area contributed by atoms with Gasteiger partial charge in [0.05, 0.1) is 21.2 Å². The van der Waals surface area contributed by atoms with Crippen molar-refractivity contribution < 1.29 is 21.6 Å². The molecule has 0 spiro atoms. The van der Waals surface area contributed by atoms with E-state index in [0.29, 0.717) is 6.07 Å². The number of rotatable bonds is 3. The third kappa shape index (κ3) is 4.30. The van der Waals surface area contributed by atoms with Crippen LogP contribution in [0.25, 0.3) is 0 Å². The third-order valence-corrected chi connectivity index (χ3v) is 5.52. The van der Waals surface area contributed by atoms with E-state index in [4.69, 9.17) is 11.6 Å². The predicted molar refractivity (Wildman–Crippen MR) is 91.2 cm³/mol. The van der Waals surface area contributed by atoms with E-state index in [2.05, 4.69) is 4.72 Å². The smallest absolute Gasteiger partial charge is 0.279 e. The fourth-order valence-corrected chi connectivity index (χ4v) is 4.08. The zero-order chi connectivity index (χ0) is 17.4. The van der Waals surface area contributed by atoms with Crippen LogP contribution in [0.5, 0.6) is 0 Å². The normalized spacial score (nSPS) is 12.3. The largest absolute Gasteiger partial charge is 0.417 e. The monoisotopic (exact) mass is 475 g/mol. The molecular formula is C14H10ClF3INO2S. The molecule has 1 N–H and O–H groups in total. The molecule has 0 amide bonds. The highest BCUT2D eigenvalue weighted by Gasteiger charge is 2.34. The molecule has 3 nitrogen and oxygen atoms in total. The quantitative estimate of drug-likeness (QED) is 0.630. The SMILES string of the molecule is Cc1ccc(S(=O)(=O)Nc2cc(C(F)(F)F)c(Cl)cc2I)cc1. The second-order valence-electron chi connectivity index (χ2n) is 4.73. The van der Waals surface area contributed by atoms with Crippen LogP contribution in [0.2, 0.25) is 5.02 Å². The molecule has 0 aliphatic rings. The fourth-order valence-electron chi connectivity index (χ4n) is 1.77. The molecule has 0 heterocycles. The molecule has 0 fully saturated rings. The van der Waals surface area contributed by atoms with Gasteiger partial charge >= 0.3 is 6.18 Å². The van der Waals surface area contributed by atoms with Crippen molar-refractivity contribution in [2.45, 2.75) is 18.0 Å². The Labute approximate surface area is 150 Å². The molecule has 0 aromatic heterocycles. The summed E-state index contributed by atoms with van der Waals surface area (Å²) in [7, 11) is -3.99. The first-order valence-corrected chi connectivity index (χ1v) is 9.10. The summed E-state index contributed by atoms with van der Waals surface area (Å²) in [5.74, 6) is 0. The van der Waals surface area contributed by atoms with Crippen molar-refractivity contribution in [3.8, 4) is 0 Å². The van der Waals surface area contributed by atoms with E-state index in [0.717, 1.165) is 11.6 Å². The first-order chi connectivity index (χ1) is 10.5. The molecule has 0 aliphatic heterocycles. The average Bonchev–Trinajstić information content (AvgIpc) is 2.41. The molecule has 0 bridgehead atoms. The number of aryl methyl sites for hydroxylation is 1. The molecule has 0 aliphatic carbocycles. The summed E-state index contributed by atoms with van der Waals surface area (Å²) in [5.41, 5.74) is -0.409. The molecule has 2 rings (SSSR count). The van der Waals surface area contributed by atoms with E-state index in [1.54, 1.807) is 41.6 Å². The van der Waals surface area contributed by atoms with Gasteiger partial charge in [-0.2, -0.15) is 13.2 Å². The van der Waals surface area contributed by atoms with Crippen molar-refractivity contribution in [2.24, 2.45) is 0 Å². The van der Waals surface area contributed by atoms with Crippen molar-refractivity contribution in [3.05, 3.63) is 56.1 Å². The lowest BCUT2D eigenvalue weighted by Crippen LogP contribution is -2.15. The molecule has 124 valence electrons. The van der Waals surface area contributed by atoms with Crippen LogP contribution in [0, 0.1) is 10.5 Å². The summed E-state index contributed by atoms with van der Waals surface area (Å²) in [5, 5.41) is -0.486. The summed E-state index contributed by atoms with van der Waals surface area (Å²) >= 11 is 7.31. The average molecular weight is 476 g/mol. The molecular weight excluding hydrogens is 466 g/mol. The van der Waals surface area contributed by atoms with Gasteiger partial charge in [-0.3, -0.25) is 4.72 Å². The molecule has 23 heavy (non-hydrogen) atoms. The Balaban J connectivity index is 2.45. The maximum atomic E-state index is 12.9. The Hall–Kier alpha value is -1.00. The van der Waals surface area contributed by atoms with E-state index in [-0.39, 0.29) is 14.2 Å². The van der Waals surface area contributed by atoms with Gasteiger partial charge in [0.25, 0.3) is 10.0 Å². The molecule has 0 saturated heterocycles. The Morgan fingerprint density at radius 2 is 1.70 bits per heavy atom. The van der Waals surface area contributed by atoms with Crippen LogP contribution < -0.4 is 4.72 Å². The van der Waals surface area contributed by atoms with Crippen LogP contribution >= 0.6 is 34.2 Å². The Bertz CT molecular complexity index is 836. The molecule has 0 unspecified atom stereocenters. The maximum Gasteiger partial charge on any atom is 0.417 e. The lowest BCUT2D eigenvalue weighted by Gasteiger charge is -2.14. The highest BCUT2D eigenvalue weighted by molar-refractivity contribution is 14.1. The van der Waals surface area contributed by atoms with Gasteiger partial charge in [-0.1, -0.05) is 29.3 Å². The number of alkyl halides is 3. The Morgan fingerprint density at radius 3 is 2.22 bits per heavy atom.